The Hall–Kier alpha value is -4.50. The minimum Gasteiger partial charge on any atom is -0.456 e. The third-order valence-electron chi connectivity index (χ3n) is 6.55. The summed E-state index contributed by atoms with van der Waals surface area (Å²) in [6, 6.07) is 37.8. The number of aromatic nitrogens is 1. The molecular weight excluding hydrogens is 404 g/mol. The van der Waals surface area contributed by atoms with Crippen LogP contribution in [0.25, 0.3) is 60.6 Å². The van der Waals surface area contributed by atoms with Gasteiger partial charge >= 0.3 is 0 Å². The van der Waals surface area contributed by atoms with Crippen LogP contribution in [-0.4, -0.2) is 4.57 Å². The van der Waals surface area contributed by atoms with E-state index in [4.69, 9.17) is 10.2 Å². The topological polar surface area (TPSA) is 44.1 Å². The van der Waals surface area contributed by atoms with Gasteiger partial charge in [0, 0.05) is 38.5 Å². The number of para-hydroxylation sites is 3. The number of nitrogen functional groups attached to an aromatic ring is 1. The van der Waals surface area contributed by atoms with Crippen LogP contribution < -0.4 is 5.73 Å². The highest BCUT2D eigenvalue weighted by Gasteiger charge is 2.16. The van der Waals surface area contributed by atoms with Gasteiger partial charge in [0.15, 0.2) is 0 Å². The van der Waals surface area contributed by atoms with Gasteiger partial charge in [0.1, 0.15) is 11.2 Å². The fraction of sp³-hybridized carbons (Fsp3) is 0. The summed E-state index contributed by atoms with van der Waals surface area (Å²) in [5, 5.41) is 4.65. The zero-order valence-corrected chi connectivity index (χ0v) is 17.8. The van der Waals surface area contributed by atoms with Crippen LogP contribution in [0, 0.1) is 0 Å². The number of fused-ring (bicyclic) bond motifs is 6. The van der Waals surface area contributed by atoms with Crippen molar-refractivity contribution in [2.24, 2.45) is 0 Å². The van der Waals surface area contributed by atoms with Crippen molar-refractivity contribution < 1.29 is 4.42 Å². The van der Waals surface area contributed by atoms with Crippen LogP contribution in [0.3, 0.4) is 0 Å². The van der Waals surface area contributed by atoms with Gasteiger partial charge in [-0.2, -0.15) is 0 Å². The van der Waals surface area contributed by atoms with Crippen molar-refractivity contribution in [1.82, 2.24) is 4.57 Å². The summed E-state index contributed by atoms with van der Waals surface area (Å²) < 4.78 is 8.41. The first kappa shape index (κ1) is 18.1. The molecule has 0 aliphatic carbocycles. The first-order valence-corrected chi connectivity index (χ1v) is 11.1. The van der Waals surface area contributed by atoms with E-state index in [0.29, 0.717) is 0 Å². The van der Waals surface area contributed by atoms with Crippen LogP contribution in [0.15, 0.2) is 114 Å². The summed E-state index contributed by atoms with van der Waals surface area (Å²) in [5.41, 5.74) is 14.7. The van der Waals surface area contributed by atoms with Crippen molar-refractivity contribution in [2.45, 2.75) is 0 Å². The molecule has 0 bridgehead atoms. The third kappa shape index (κ3) is 2.63. The average molecular weight is 425 g/mol. The summed E-state index contributed by atoms with van der Waals surface area (Å²) >= 11 is 0. The summed E-state index contributed by atoms with van der Waals surface area (Å²) in [4.78, 5) is 0. The Morgan fingerprint density at radius 2 is 1.27 bits per heavy atom. The predicted molar refractivity (Wildman–Crippen MR) is 138 cm³/mol. The zero-order chi connectivity index (χ0) is 21.9. The van der Waals surface area contributed by atoms with Gasteiger partial charge in [0.05, 0.1) is 11.0 Å². The van der Waals surface area contributed by atoms with E-state index < -0.39 is 0 Å². The largest absolute Gasteiger partial charge is 0.456 e. The number of hydrogen-bond acceptors (Lipinski definition) is 2. The second kappa shape index (κ2) is 6.75. The molecule has 5 aromatic carbocycles. The molecule has 2 heterocycles. The van der Waals surface area contributed by atoms with Crippen LogP contribution >= 0.6 is 0 Å². The normalized spacial score (nSPS) is 11.8. The molecule has 156 valence electrons. The summed E-state index contributed by atoms with van der Waals surface area (Å²) in [5.74, 6) is 0. The van der Waals surface area contributed by atoms with E-state index >= 15 is 0 Å². The van der Waals surface area contributed by atoms with Gasteiger partial charge in [-0.25, -0.2) is 0 Å². The molecule has 0 amide bonds. The molecule has 0 atom stereocenters. The van der Waals surface area contributed by atoms with E-state index in [1.165, 1.54) is 16.3 Å². The SMILES string of the molecule is Nc1cc2c(cc1-c1ccc3c(c1)oc1ccccc13)c1ccccc1n2-c1ccccc1. The lowest BCUT2D eigenvalue weighted by atomic mass is 9.99. The van der Waals surface area contributed by atoms with Gasteiger partial charge in [0.2, 0.25) is 0 Å². The van der Waals surface area contributed by atoms with Crippen LogP contribution in [0.5, 0.6) is 0 Å². The predicted octanol–water partition coefficient (Wildman–Crippen LogP) is 7.93. The molecule has 7 aromatic rings. The Kier molecular flexibility index (Phi) is 3.70. The zero-order valence-electron chi connectivity index (χ0n) is 17.8. The number of rotatable bonds is 2. The molecule has 3 nitrogen and oxygen atoms in total. The second-order valence-corrected chi connectivity index (χ2v) is 8.45. The highest BCUT2D eigenvalue weighted by Crippen LogP contribution is 2.39. The number of anilines is 1. The highest BCUT2D eigenvalue weighted by atomic mass is 16.3. The molecule has 0 aliphatic rings. The van der Waals surface area contributed by atoms with Crippen LogP contribution in [0.2, 0.25) is 0 Å². The molecular formula is C30H20N2O. The number of nitrogens with zero attached hydrogens (tertiary/aromatic N) is 1. The van der Waals surface area contributed by atoms with Gasteiger partial charge < -0.3 is 14.7 Å². The fourth-order valence-corrected chi connectivity index (χ4v) is 5.03. The fourth-order valence-electron chi connectivity index (χ4n) is 5.03. The monoisotopic (exact) mass is 424 g/mol. The minimum absolute atomic E-state index is 0.748. The summed E-state index contributed by atoms with van der Waals surface area (Å²) in [6.45, 7) is 0. The Morgan fingerprint density at radius 3 is 2.15 bits per heavy atom. The maximum Gasteiger partial charge on any atom is 0.136 e. The first-order chi connectivity index (χ1) is 16.3. The van der Waals surface area contributed by atoms with Crippen LogP contribution in [-0.2, 0) is 0 Å². The molecule has 0 fully saturated rings. The molecule has 0 saturated carbocycles. The Bertz CT molecular complexity index is 1820. The van der Waals surface area contributed by atoms with Gasteiger partial charge in [-0.05, 0) is 54.1 Å². The smallest absolute Gasteiger partial charge is 0.136 e. The van der Waals surface area contributed by atoms with E-state index in [1.54, 1.807) is 0 Å². The molecule has 33 heavy (non-hydrogen) atoms. The van der Waals surface area contributed by atoms with E-state index in [9.17, 15) is 0 Å². The summed E-state index contributed by atoms with van der Waals surface area (Å²) in [7, 11) is 0. The van der Waals surface area contributed by atoms with E-state index in [-0.39, 0.29) is 0 Å². The Morgan fingerprint density at radius 1 is 0.545 bits per heavy atom. The van der Waals surface area contributed by atoms with Crippen molar-refractivity contribution >= 4 is 49.4 Å². The molecule has 3 heteroatoms. The quantitative estimate of drug-likeness (QED) is 0.286. The summed E-state index contributed by atoms with van der Waals surface area (Å²) in [6.07, 6.45) is 0. The van der Waals surface area contributed by atoms with Gasteiger partial charge in [-0.3, -0.25) is 0 Å². The molecule has 0 aliphatic heterocycles. The van der Waals surface area contributed by atoms with Crippen molar-refractivity contribution in [3.05, 3.63) is 109 Å². The first-order valence-electron chi connectivity index (χ1n) is 11.1. The van der Waals surface area contributed by atoms with Crippen molar-refractivity contribution in [3.8, 4) is 16.8 Å². The standard InChI is InChI=1S/C30H20N2O/c31-26-18-28-25(21-10-4-6-12-27(21)32(28)20-8-2-1-3-9-20)17-24(26)19-14-15-23-22-11-5-7-13-29(22)33-30(23)16-19/h1-18H,31H2. The average Bonchev–Trinajstić information content (AvgIpc) is 3.38. The van der Waals surface area contributed by atoms with Crippen LogP contribution in [0.4, 0.5) is 5.69 Å². The van der Waals surface area contributed by atoms with E-state index in [0.717, 1.165) is 50.0 Å². The second-order valence-electron chi connectivity index (χ2n) is 8.45. The molecule has 7 rings (SSSR count). The number of benzene rings is 5. The molecule has 0 radical (unpaired) electrons. The van der Waals surface area contributed by atoms with E-state index in [2.05, 4.69) is 89.5 Å². The lowest BCUT2D eigenvalue weighted by molar-refractivity contribution is 0.669. The van der Waals surface area contributed by atoms with Crippen LogP contribution in [0.1, 0.15) is 0 Å². The molecule has 0 saturated heterocycles. The molecule has 2 N–H and O–H groups in total. The lowest BCUT2D eigenvalue weighted by Crippen LogP contribution is -1.95. The van der Waals surface area contributed by atoms with Crippen molar-refractivity contribution in [3.63, 3.8) is 0 Å². The highest BCUT2D eigenvalue weighted by molar-refractivity contribution is 6.12. The van der Waals surface area contributed by atoms with Gasteiger partial charge in [-0.15, -0.1) is 0 Å². The van der Waals surface area contributed by atoms with Crippen molar-refractivity contribution in [2.75, 3.05) is 5.73 Å². The lowest BCUT2D eigenvalue weighted by Gasteiger charge is -2.10. The van der Waals surface area contributed by atoms with Gasteiger partial charge in [-0.1, -0.05) is 60.7 Å². The number of nitrogens with two attached hydrogens (primary N) is 1. The Labute approximate surface area is 190 Å². The third-order valence-corrected chi connectivity index (χ3v) is 6.55. The van der Waals surface area contributed by atoms with E-state index in [1.807, 2.05) is 24.3 Å². The number of hydrogen-bond donors (Lipinski definition) is 1. The maximum absolute atomic E-state index is 6.66. The molecule has 0 spiro atoms. The Balaban J connectivity index is 1.50. The minimum atomic E-state index is 0.748. The van der Waals surface area contributed by atoms with Gasteiger partial charge in [0.25, 0.3) is 0 Å². The maximum atomic E-state index is 6.66. The molecule has 2 aromatic heterocycles. The number of furan rings is 1. The molecule has 0 unspecified atom stereocenters. The van der Waals surface area contributed by atoms with Crippen molar-refractivity contribution in [1.29, 1.82) is 0 Å².